The van der Waals surface area contributed by atoms with Crippen LogP contribution < -0.4 is 5.32 Å². The molecule has 0 aliphatic heterocycles. The number of rotatable bonds is 9. The fraction of sp³-hybridized carbons (Fsp3) is 0.227. The predicted molar refractivity (Wildman–Crippen MR) is 110 cm³/mol. The second-order valence-corrected chi connectivity index (χ2v) is 6.76. The van der Waals surface area contributed by atoms with Gasteiger partial charge in [-0.15, -0.1) is 0 Å². The number of aromatic nitrogens is 1. The smallest absolute Gasteiger partial charge is 0.339 e. The molecule has 1 heterocycles. The Labute approximate surface area is 176 Å². The van der Waals surface area contributed by atoms with Gasteiger partial charge in [0.2, 0.25) is 0 Å². The molecule has 0 fully saturated rings. The molecule has 162 valence electrons. The number of aromatic carboxylic acids is 1. The fourth-order valence-corrected chi connectivity index (χ4v) is 3.10. The summed E-state index contributed by atoms with van der Waals surface area (Å²) in [6.45, 7) is 0.313. The van der Waals surface area contributed by atoms with Gasteiger partial charge in [0.15, 0.2) is 5.75 Å². The summed E-state index contributed by atoms with van der Waals surface area (Å²) < 4.78 is 18.2. The molecule has 0 radical (unpaired) electrons. The Morgan fingerprint density at radius 2 is 1.81 bits per heavy atom. The van der Waals surface area contributed by atoms with Crippen molar-refractivity contribution in [3.8, 4) is 5.75 Å². The number of pyridine rings is 1. The molecule has 3 rings (SSSR count). The van der Waals surface area contributed by atoms with E-state index >= 15 is 0 Å². The maximum Gasteiger partial charge on any atom is 0.339 e. The van der Waals surface area contributed by atoms with Crippen LogP contribution in [-0.2, 0) is 11.2 Å². The van der Waals surface area contributed by atoms with Gasteiger partial charge in [0, 0.05) is 23.7 Å². The Balaban J connectivity index is 1.96. The molecule has 0 aliphatic carbocycles. The van der Waals surface area contributed by atoms with Crippen LogP contribution in [0.25, 0.3) is 10.9 Å². The first-order chi connectivity index (χ1) is 14.9. The third kappa shape index (κ3) is 5.33. The quantitative estimate of drug-likeness (QED) is 0.384. The number of hydrogen-bond acceptors (Lipinski definition) is 6. The van der Waals surface area contributed by atoms with E-state index in [0.717, 1.165) is 11.6 Å². The van der Waals surface area contributed by atoms with Gasteiger partial charge >= 0.3 is 5.97 Å². The number of carboxylic acids is 1. The van der Waals surface area contributed by atoms with Gasteiger partial charge in [-0.2, -0.15) is 0 Å². The van der Waals surface area contributed by atoms with Gasteiger partial charge in [-0.3, -0.25) is 9.78 Å². The number of aliphatic hydroxyl groups excluding tert-OH is 1. The number of hydrogen-bond donors (Lipinski definition) is 4. The van der Waals surface area contributed by atoms with Crippen molar-refractivity contribution in [3.63, 3.8) is 0 Å². The van der Waals surface area contributed by atoms with E-state index in [9.17, 15) is 24.2 Å². The molecule has 0 saturated carbocycles. The molecule has 31 heavy (non-hydrogen) atoms. The van der Waals surface area contributed by atoms with Gasteiger partial charge < -0.3 is 25.4 Å². The highest BCUT2D eigenvalue weighted by Crippen LogP contribution is 2.31. The molecule has 0 unspecified atom stereocenters. The minimum absolute atomic E-state index is 0.00978. The average molecular weight is 428 g/mol. The Kier molecular flexibility index (Phi) is 7.11. The van der Waals surface area contributed by atoms with Crippen LogP contribution >= 0.6 is 0 Å². The first kappa shape index (κ1) is 22.1. The number of amides is 1. The molecular weight excluding hydrogens is 407 g/mol. The monoisotopic (exact) mass is 428 g/mol. The van der Waals surface area contributed by atoms with Crippen LogP contribution in [0.1, 0.15) is 31.8 Å². The summed E-state index contributed by atoms with van der Waals surface area (Å²) >= 11 is 0. The van der Waals surface area contributed by atoms with E-state index in [4.69, 9.17) is 9.84 Å². The number of ether oxygens (including phenoxy) is 1. The van der Waals surface area contributed by atoms with Crippen LogP contribution in [0.5, 0.6) is 5.75 Å². The van der Waals surface area contributed by atoms with E-state index in [0.29, 0.717) is 12.0 Å². The number of phenols is 1. The number of nitrogens with one attached hydrogen (secondary N) is 1. The van der Waals surface area contributed by atoms with Crippen molar-refractivity contribution in [2.75, 3.05) is 26.4 Å². The fourth-order valence-electron chi connectivity index (χ4n) is 3.10. The SMILES string of the molecule is O=C(O)c1cc(C(=O)NCCOCCO)c2cc(Cc3ccc(F)cc3)cnc2c1O. The summed E-state index contributed by atoms with van der Waals surface area (Å²) in [6, 6.07) is 8.69. The lowest BCUT2D eigenvalue weighted by Gasteiger charge is -2.12. The summed E-state index contributed by atoms with van der Waals surface area (Å²) in [5, 5.41) is 31.3. The van der Waals surface area contributed by atoms with Crippen LogP contribution in [0.3, 0.4) is 0 Å². The van der Waals surface area contributed by atoms with Crippen LogP contribution in [-0.4, -0.2) is 58.5 Å². The number of benzene rings is 2. The number of aromatic hydroxyl groups is 1. The largest absolute Gasteiger partial charge is 0.505 e. The van der Waals surface area contributed by atoms with E-state index in [1.165, 1.54) is 18.3 Å². The van der Waals surface area contributed by atoms with Crippen LogP contribution in [0.4, 0.5) is 4.39 Å². The molecule has 3 aromatic rings. The Hall–Kier alpha value is -3.56. The van der Waals surface area contributed by atoms with Crippen molar-refractivity contribution in [3.05, 3.63) is 70.7 Å². The zero-order chi connectivity index (χ0) is 22.4. The topological polar surface area (TPSA) is 129 Å². The lowest BCUT2D eigenvalue weighted by Crippen LogP contribution is -2.28. The highest BCUT2D eigenvalue weighted by molar-refractivity contribution is 6.11. The third-order valence-corrected chi connectivity index (χ3v) is 4.57. The van der Waals surface area contributed by atoms with Gasteiger partial charge in [-0.1, -0.05) is 12.1 Å². The Morgan fingerprint density at radius 1 is 1.06 bits per heavy atom. The zero-order valence-electron chi connectivity index (χ0n) is 16.5. The van der Waals surface area contributed by atoms with Crippen molar-refractivity contribution in [2.45, 2.75) is 6.42 Å². The van der Waals surface area contributed by atoms with Crippen molar-refractivity contribution >= 4 is 22.8 Å². The minimum Gasteiger partial charge on any atom is -0.505 e. The summed E-state index contributed by atoms with van der Waals surface area (Å²) in [4.78, 5) is 28.4. The molecule has 0 saturated heterocycles. The van der Waals surface area contributed by atoms with Crippen molar-refractivity contribution < 1.29 is 34.0 Å². The summed E-state index contributed by atoms with van der Waals surface area (Å²) in [7, 11) is 0. The van der Waals surface area contributed by atoms with E-state index in [-0.39, 0.29) is 48.6 Å². The number of fused-ring (bicyclic) bond motifs is 1. The second-order valence-electron chi connectivity index (χ2n) is 6.76. The number of carbonyl (C=O) groups excluding carboxylic acids is 1. The highest BCUT2D eigenvalue weighted by atomic mass is 19.1. The van der Waals surface area contributed by atoms with E-state index in [1.807, 2.05) is 0 Å². The molecule has 2 aromatic carbocycles. The highest BCUT2D eigenvalue weighted by Gasteiger charge is 2.21. The average Bonchev–Trinajstić information content (AvgIpc) is 2.75. The molecule has 9 heteroatoms. The Morgan fingerprint density at radius 3 is 2.48 bits per heavy atom. The third-order valence-electron chi connectivity index (χ3n) is 4.57. The number of halogens is 1. The van der Waals surface area contributed by atoms with Crippen LogP contribution in [0.15, 0.2) is 42.6 Å². The van der Waals surface area contributed by atoms with Gasteiger partial charge in [0.25, 0.3) is 5.91 Å². The molecular formula is C22H21FN2O6. The lowest BCUT2D eigenvalue weighted by molar-refractivity contribution is 0.0694. The van der Waals surface area contributed by atoms with Crippen molar-refractivity contribution in [1.82, 2.24) is 10.3 Å². The normalized spacial score (nSPS) is 10.9. The molecule has 4 N–H and O–H groups in total. The minimum atomic E-state index is -1.39. The molecule has 8 nitrogen and oxygen atoms in total. The molecule has 0 atom stereocenters. The standard InChI is InChI=1S/C22H21FN2O6/c23-15-3-1-13(2-4-15)9-14-10-16-17(21(28)24-5-7-31-8-6-26)11-18(22(29)30)20(27)19(16)25-12-14/h1-4,10-12,26-27H,5-9H2,(H,24,28)(H,29,30). The summed E-state index contributed by atoms with van der Waals surface area (Å²) in [6.07, 6.45) is 1.88. The van der Waals surface area contributed by atoms with E-state index in [1.54, 1.807) is 18.2 Å². The van der Waals surface area contributed by atoms with Crippen molar-refractivity contribution in [1.29, 1.82) is 0 Å². The van der Waals surface area contributed by atoms with Gasteiger partial charge in [-0.05, 0) is 41.8 Å². The molecule has 0 spiro atoms. The lowest BCUT2D eigenvalue weighted by atomic mass is 9.99. The second kappa shape index (κ2) is 9.96. The van der Waals surface area contributed by atoms with Crippen LogP contribution in [0, 0.1) is 5.82 Å². The first-order valence-corrected chi connectivity index (χ1v) is 9.50. The number of carboxylic acid groups (broad SMARTS) is 1. The number of aliphatic hydroxyl groups is 1. The predicted octanol–water partition coefficient (Wildman–Crippen LogP) is 2.11. The van der Waals surface area contributed by atoms with E-state index < -0.39 is 23.2 Å². The number of carbonyl (C=O) groups is 2. The molecule has 1 aromatic heterocycles. The molecule has 0 aliphatic rings. The number of nitrogens with zero attached hydrogens (tertiary/aromatic N) is 1. The van der Waals surface area contributed by atoms with Crippen molar-refractivity contribution in [2.24, 2.45) is 0 Å². The Bertz CT molecular complexity index is 1100. The summed E-state index contributed by atoms with van der Waals surface area (Å²) in [5.41, 5.74) is 1.11. The van der Waals surface area contributed by atoms with E-state index in [2.05, 4.69) is 10.3 Å². The molecule has 1 amide bonds. The maximum absolute atomic E-state index is 13.1. The van der Waals surface area contributed by atoms with Gasteiger partial charge in [0.1, 0.15) is 16.9 Å². The molecule has 0 bridgehead atoms. The van der Waals surface area contributed by atoms with Gasteiger partial charge in [0.05, 0.1) is 19.8 Å². The summed E-state index contributed by atoms with van der Waals surface area (Å²) in [5.74, 6) is -2.83. The van der Waals surface area contributed by atoms with Crippen LogP contribution in [0.2, 0.25) is 0 Å². The zero-order valence-corrected chi connectivity index (χ0v) is 16.5. The maximum atomic E-state index is 13.1. The van der Waals surface area contributed by atoms with Gasteiger partial charge in [-0.25, -0.2) is 9.18 Å². The first-order valence-electron chi connectivity index (χ1n) is 9.50.